The molecule has 0 aliphatic heterocycles. The van der Waals surface area contributed by atoms with Gasteiger partial charge in [-0.3, -0.25) is 4.79 Å². The van der Waals surface area contributed by atoms with Crippen LogP contribution in [0.3, 0.4) is 0 Å². The molecule has 0 aromatic heterocycles. The number of benzene rings is 3. The summed E-state index contributed by atoms with van der Waals surface area (Å²) in [6, 6.07) is 27.2. The molecule has 0 atom stereocenters. The maximum atomic E-state index is 11.6. The van der Waals surface area contributed by atoms with E-state index in [0.717, 1.165) is 22.4 Å². The molecular weight excluding hydrogens is 324 g/mol. The molecule has 1 amide bonds. The lowest BCUT2D eigenvalue weighted by Crippen LogP contribution is -2.09. The average molecular weight is 342 g/mol. The zero-order chi connectivity index (χ0) is 18.2. The van der Waals surface area contributed by atoms with Crippen molar-refractivity contribution >= 4 is 11.6 Å². The van der Waals surface area contributed by atoms with Gasteiger partial charge in [-0.1, -0.05) is 54.6 Å². The predicted molar refractivity (Wildman–Crippen MR) is 102 cm³/mol. The van der Waals surface area contributed by atoms with E-state index in [2.05, 4.69) is 5.32 Å². The number of amides is 1. The van der Waals surface area contributed by atoms with Crippen LogP contribution in [-0.4, -0.2) is 5.91 Å². The van der Waals surface area contributed by atoms with Crippen LogP contribution in [0.5, 0.6) is 5.75 Å². The first-order valence-corrected chi connectivity index (χ1v) is 8.28. The molecule has 4 nitrogen and oxygen atoms in total. The molecule has 0 aliphatic rings. The average Bonchev–Trinajstić information content (AvgIpc) is 2.68. The zero-order valence-electron chi connectivity index (χ0n) is 14.2. The lowest BCUT2D eigenvalue weighted by atomic mass is 10.0. The molecule has 26 heavy (non-hydrogen) atoms. The second-order valence-electron chi connectivity index (χ2n) is 5.77. The fourth-order valence-corrected chi connectivity index (χ4v) is 2.56. The summed E-state index contributed by atoms with van der Waals surface area (Å²) in [6.07, 6.45) is -0.160. The Kier molecular flexibility index (Phi) is 5.64. The minimum Gasteiger partial charge on any atom is -0.489 e. The molecular formula is C22H18N2O2. The molecule has 3 rings (SSSR count). The van der Waals surface area contributed by atoms with Crippen molar-refractivity contribution in [3.63, 3.8) is 0 Å². The van der Waals surface area contributed by atoms with E-state index in [1.165, 1.54) is 0 Å². The van der Waals surface area contributed by atoms with Crippen molar-refractivity contribution in [2.24, 2.45) is 0 Å². The normalized spacial score (nSPS) is 9.96. The van der Waals surface area contributed by atoms with Gasteiger partial charge in [0.1, 0.15) is 18.8 Å². The highest BCUT2D eigenvalue weighted by atomic mass is 16.5. The van der Waals surface area contributed by atoms with Crippen LogP contribution in [0.25, 0.3) is 11.1 Å². The predicted octanol–water partition coefficient (Wildman–Crippen LogP) is 4.78. The number of nitriles is 1. The summed E-state index contributed by atoms with van der Waals surface area (Å²) in [5.41, 5.74) is 3.73. The molecule has 128 valence electrons. The first-order valence-electron chi connectivity index (χ1n) is 8.28. The monoisotopic (exact) mass is 342 g/mol. The maximum absolute atomic E-state index is 11.6. The molecule has 0 fully saturated rings. The van der Waals surface area contributed by atoms with Crippen LogP contribution in [0.15, 0.2) is 78.9 Å². The van der Waals surface area contributed by atoms with Gasteiger partial charge in [0, 0.05) is 5.69 Å². The maximum Gasteiger partial charge on any atom is 0.238 e. The number of hydrogen-bond donors (Lipinski definition) is 1. The van der Waals surface area contributed by atoms with Crippen molar-refractivity contribution in [2.75, 3.05) is 5.32 Å². The Hall–Kier alpha value is -3.58. The Bertz CT molecular complexity index is 930. The minimum absolute atomic E-state index is 0.160. The van der Waals surface area contributed by atoms with E-state index in [1.54, 1.807) is 6.07 Å². The van der Waals surface area contributed by atoms with E-state index in [9.17, 15) is 4.79 Å². The van der Waals surface area contributed by atoms with Crippen LogP contribution in [0.2, 0.25) is 0 Å². The molecule has 0 unspecified atom stereocenters. The molecule has 1 N–H and O–H groups in total. The topological polar surface area (TPSA) is 62.1 Å². The number of carbonyl (C=O) groups excluding carboxylic acids is 1. The van der Waals surface area contributed by atoms with Gasteiger partial charge in [-0.2, -0.15) is 5.26 Å². The van der Waals surface area contributed by atoms with Crippen LogP contribution >= 0.6 is 0 Å². The second kappa shape index (κ2) is 8.50. The molecule has 0 saturated carbocycles. The summed E-state index contributed by atoms with van der Waals surface area (Å²) in [5, 5.41) is 11.3. The summed E-state index contributed by atoms with van der Waals surface area (Å²) in [7, 11) is 0. The first-order chi connectivity index (χ1) is 12.7. The van der Waals surface area contributed by atoms with Gasteiger partial charge in [-0.25, -0.2) is 0 Å². The lowest BCUT2D eigenvalue weighted by Gasteiger charge is -2.10. The summed E-state index contributed by atoms with van der Waals surface area (Å²) in [4.78, 5) is 11.6. The van der Waals surface area contributed by atoms with Crippen molar-refractivity contribution < 1.29 is 9.53 Å². The van der Waals surface area contributed by atoms with Crippen LogP contribution in [-0.2, 0) is 11.4 Å². The fourth-order valence-electron chi connectivity index (χ4n) is 2.56. The van der Waals surface area contributed by atoms with Gasteiger partial charge in [0.15, 0.2) is 0 Å². The Labute approximate surface area is 152 Å². The van der Waals surface area contributed by atoms with Gasteiger partial charge < -0.3 is 10.1 Å². The number of carbonyl (C=O) groups is 1. The summed E-state index contributed by atoms with van der Waals surface area (Å²) >= 11 is 0. The summed E-state index contributed by atoms with van der Waals surface area (Å²) < 4.78 is 5.88. The minimum atomic E-state index is -0.315. The quantitative estimate of drug-likeness (QED) is 0.701. The standard InChI is InChI=1S/C22H18N2O2/c23-13-12-22(25)24-20-10-4-8-18(14-20)19-9-5-11-21(15-19)26-16-17-6-2-1-3-7-17/h1-11,14-15H,12,16H2,(H,24,25). The zero-order valence-corrected chi connectivity index (χ0v) is 14.2. The van der Waals surface area contributed by atoms with E-state index < -0.39 is 0 Å². The summed E-state index contributed by atoms with van der Waals surface area (Å²) in [5.74, 6) is 0.467. The van der Waals surface area contributed by atoms with Gasteiger partial charge in [0.25, 0.3) is 0 Å². The number of hydrogen-bond acceptors (Lipinski definition) is 3. The van der Waals surface area contributed by atoms with Crippen molar-refractivity contribution in [3.8, 4) is 22.9 Å². The number of anilines is 1. The lowest BCUT2D eigenvalue weighted by molar-refractivity contribution is -0.115. The van der Waals surface area contributed by atoms with Gasteiger partial charge in [-0.05, 0) is 41.0 Å². The third-order valence-corrected chi connectivity index (χ3v) is 3.80. The van der Waals surface area contributed by atoms with Crippen molar-refractivity contribution in [2.45, 2.75) is 13.0 Å². The fraction of sp³-hybridized carbons (Fsp3) is 0.0909. The van der Waals surface area contributed by atoms with E-state index in [0.29, 0.717) is 12.3 Å². The number of ether oxygens (including phenoxy) is 1. The molecule has 0 aliphatic carbocycles. The highest BCUT2D eigenvalue weighted by molar-refractivity contribution is 5.92. The van der Waals surface area contributed by atoms with E-state index in [1.807, 2.05) is 78.9 Å². The molecule has 0 bridgehead atoms. The molecule has 3 aromatic carbocycles. The van der Waals surface area contributed by atoms with Crippen molar-refractivity contribution in [1.82, 2.24) is 0 Å². The Morgan fingerprint density at radius 2 is 1.65 bits per heavy atom. The second-order valence-corrected chi connectivity index (χ2v) is 5.77. The number of nitrogens with one attached hydrogen (secondary N) is 1. The van der Waals surface area contributed by atoms with Crippen molar-refractivity contribution in [1.29, 1.82) is 5.26 Å². The molecule has 0 radical (unpaired) electrons. The Morgan fingerprint density at radius 3 is 2.42 bits per heavy atom. The van der Waals surface area contributed by atoms with Crippen LogP contribution < -0.4 is 10.1 Å². The molecule has 0 heterocycles. The third kappa shape index (κ3) is 4.71. The van der Waals surface area contributed by atoms with Crippen LogP contribution in [0.4, 0.5) is 5.69 Å². The highest BCUT2D eigenvalue weighted by Crippen LogP contribution is 2.26. The third-order valence-electron chi connectivity index (χ3n) is 3.80. The van der Waals surface area contributed by atoms with E-state index in [-0.39, 0.29) is 12.3 Å². The van der Waals surface area contributed by atoms with E-state index in [4.69, 9.17) is 10.00 Å². The van der Waals surface area contributed by atoms with E-state index >= 15 is 0 Å². The highest BCUT2D eigenvalue weighted by Gasteiger charge is 2.05. The molecule has 3 aromatic rings. The first kappa shape index (κ1) is 17.2. The van der Waals surface area contributed by atoms with Gasteiger partial charge >= 0.3 is 0 Å². The molecule has 4 heteroatoms. The Balaban J connectivity index is 1.73. The smallest absolute Gasteiger partial charge is 0.238 e. The number of rotatable bonds is 6. The van der Waals surface area contributed by atoms with Crippen molar-refractivity contribution in [3.05, 3.63) is 84.4 Å². The van der Waals surface area contributed by atoms with Gasteiger partial charge in [0.05, 0.1) is 6.07 Å². The van der Waals surface area contributed by atoms with Gasteiger partial charge in [0.2, 0.25) is 5.91 Å². The SMILES string of the molecule is N#CCC(=O)Nc1cccc(-c2cccc(OCc3ccccc3)c2)c1. The van der Waals surface area contributed by atoms with Crippen LogP contribution in [0.1, 0.15) is 12.0 Å². The van der Waals surface area contributed by atoms with Crippen LogP contribution in [0, 0.1) is 11.3 Å². The Morgan fingerprint density at radius 1 is 0.923 bits per heavy atom. The molecule has 0 saturated heterocycles. The largest absolute Gasteiger partial charge is 0.489 e. The molecule has 0 spiro atoms. The summed E-state index contributed by atoms with van der Waals surface area (Å²) in [6.45, 7) is 0.508. The number of nitrogens with zero attached hydrogens (tertiary/aromatic N) is 1. The van der Waals surface area contributed by atoms with Gasteiger partial charge in [-0.15, -0.1) is 0 Å².